The fourth-order valence-corrected chi connectivity index (χ4v) is 2.71. The number of hydrogen-bond acceptors (Lipinski definition) is 2. The van der Waals surface area contributed by atoms with Crippen LogP contribution in [-0.2, 0) is 0 Å². The van der Waals surface area contributed by atoms with Crippen molar-refractivity contribution in [2.45, 2.75) is 50.9 Å². The maximum atomic E-state index is 12.7. The summed E-state index contributed by atoms with van der Waals surface area (Å²) in [6.45, 7) is 1.94. The van der Waals surface area contributed by atoms with Gasteiger partial charge in [-0.1, -0.05) is 12.5 Å². The van der Waals surface area contributed by atoms with E-state index in [-0.39, 0.29) is 24.9 Å². The van der Waals surface area contributed by atoms with E-state index < -0.39 is 12.1 Å². The van der Waals surface area contributed by atoms with Gasteiger partial charge in [-0.25, -0.2) is 0 Å². The van der Waals surface area contributed by atoms with Gasteiger partial charge >= 0.3 is 6.18 Å². The van der Waals surface area contributed by atoms with Crippen LogP contribution in [-0.4, -0.2) is 17.2 Å². The van der Waals surface area contributed by atoms with Crippen molar-refractivity contribution >= 4 is 0 Å². The molecule has 1 aliphatic carbocycles. The van der Waals surface area contributed by atoms with Crippen LogP contribution in [0.4, 0.5) is 13.2 Å². The van der Waals surface area contributed by atoms with Gasteiger partial charge in [0, 0.05) is 18.3 Å². The average Bonchev–Trinajstić information content (AvgIpc) is 2.39. The maximum Gasteiger partial charge on any atom is 0.391 e. The van der Waals surface area contributed by atoms with Gasteiger partial charge in [-0.15, -0.1) is 0 Å². The number of nitrogens with one attached hydrogen (secondary N) is 1. The van der Waals surface area contributed by atoms with E-state index >= 15 is 0 Å². The summed E-state index contributed by atoms with van der Waals surface area (Å²) in [6, 6.07) is 5.52. The van der Waals surface area contributed by atoms with Gasteiger partial charge in [0.05, 0.1) is 11.6 Å². The third-order valence-corrected chi connectivity index (χ3v) is 3.75. The zero-order valence-electron chi connectivity index (χ0n) is 11.0. The second-order valence-corrected chi connectivity index (χ2v) is 5.25. The molecule has 1 saturated carbocycles. The van der Waals surface area contributed by atoms with Gasteiger partial charge in [0.15, 0.2) is 0 Å². The van der Waals surface area contributed by atoms with Crippen molar-refractivity contribution in [2.24, 2.45) is 5.92 Å². The second-order valence-electron chi connectivity index (χ2n) is 5.25. The number of nitrogens with zero attached hydrogens (tertiary/aromatic N) is 1. The third kappa shape index (κ3) is 3.93. The molecule has 0 amide bonds. The molecule has 0 spiro atoms. The van der Waals surface area contributed by atoms with Gasteiger partial charge in [0.1, 0.15) is 0 Å². The normalized spacial score (nSPS) is 26.1. The van der Waals surface area contributed by atoms with Crippen LogP contribution in [0, 0.1) is 5.92 Å². The van der Waals surface area contributed by atoms with Crippen molar-refractivity contribution in [3.8, 4) is 0 Å². The summed E-state index contributed by atoms with van der Waals surface area (Å²) in [5, 5.41) is 3.27. The number of pyridine rings is 1. The Morgan fingerprint density at radius 1 is 1.32 bits per heavy atom. The van der Waals surface area contributed by atoms with Crippen molar-refractivity contribution < 1.29 is 13.2 Å². The fourth-order valence-electron chi connectivity index (χ4n) is 2.71. The van der Waals surface area contributed by atoms with E-state index in [4.69, 9.17) is 0 Å². The van der Waals surface area contributed by atoms with Crippen LogP contribution in [0.5, 0.6) is 0 Å². The maximum absolute atomic E-state index is 12.7. The van der Waals surface area contributed by atoms with Crippen LogP contribution in [0.2, 0.25) is 0 Å². The highest BCUT2D eigenvalue weighted by atomic mass is 19.4. The van der Waals surface area contributed by atoms with Gasteiger partial charge in [0.25, 0.3) is 0 Å². The molecule has 3 unspecified atom stereocenters. The Bertz CT molecular complexity index is 391. The topological polar surface area (TPSA) is 24.9 Å². The molecule has 2 nitrogen and oxygen atoms in total. The van der Waals surface area contributed by atoms with E-state index in [9.17, 15) is 13.2 Å². The molecule has 0 saturated heterocycles. The predicted octanol–water partition coefficient (Wildman–Crippen LogP) is 3.85. The Morgan fingerprint density at radius 2 is 2.11 bits per heavy atom. The first-order valence-corrected chi connectivity index (χ1v) is 6.70. The number of rotatable bonds is 3. The summed E-state index contributed by atoms with van der Waals surface area (Å²) in [5.41, 5.74) is 0.872. The van der Waals surface area contributed by atoms with Crippen LogP contribution in [0.15, 0.2) is 24.4 Å². The van der Waals surface area contributed by atoms with E-state index in [1.54, 1.807) is 6.20 Å². The van der Waals surface area contributed by atoms with Crippen LogP contribution in [0.25, 0.3) is 0 Å². The molecule has 0 aliphatic heterocycles. The zero-order chi connectivity index (χ0) is 13.9. The third-order valence-electron chi connectivity index (χ3n) is 3.75. The number of aromatic nitrogens is 1. The number of hydrogen-bond donors (Lipinski definition) is 1. The molecule has 106 valence electrons. The molecule has 1 heterocycles. The minimum atomic E-state index is -4.06. The van der Waals surface area contributed by atoms with Crippen molar-refractivity contribution in [3.05, 3.63) is 30.1 Å². The van der Waals surface area contributed by atoms with E-state index in [0.29, 0.717) is 6.42 Å². The number of alkyl halides is 3. The van der Waals surface area contributed by atoms with Crippen molar-refractivity contribution in [3.63, 3.8) is 0 Å². The SMILES string of the molecule is CC(NC1CCCC(C(F)(F)F)C1)c1ccccn1. The van der Waals surface area contributed by atoms with Crippen LogP contribution in [0.3, 0.4) is 0 Å². The minimum Gasteiger partial charge on any atom is -0.306 e. The minimum absolute atomic E-state index is 0.0156. The quantitative estimate of drug-likeness (QED) is 0.904. The highest BCUT2D eigenvalue weighted by Gasteiger charge is 2.42. The van der Waals surface area contributed by atoms with Gasteiger partial charge < -0.3 is 5.32 Å². The lowest BCUT2D eigenvalue weighted by atomic mass is 9.85. The molecule has 0 radical (unpaired) electrons. The second kappa shape index (κ2) is 5.90. The molecular formula is C14H19F3N2. The standard InChI is InChI=1S/C14H19F3N2/c1-10(13-7-2-3-8-18-13)19-12-6-4-5-11(9-12)14(15,16)17/h2-3,7-8,10-12,19H,4-6,9H2,1H3. The Labute approximate surface area is 111 Å². The molecule has 2 rings (SSSR count). The highest BCUT2D eigenvalue weighted by molar-refractivity contribution is 5.08. The van der Waals surface area contributed by atoms with Gasteiger partial charge in [-0.05, 0) is 38.3 Å². The molecular weight excluding hydrogens is 253 g/mol. The Morgan fingerprint density at radius 3 is 2.74 bits per heavy atom. The zero-order valence-corrected chi connectivity index (χ0v) is 11.0. The molecule has 0 aromatic carbocycles. The predicted molar refractivity (Wildman–Crippen MR) is 67.6 cm³/mol. The van der Waals surface area contributed by atoms with Crippen molar-refractivity contribution in [2.75, 3.05) is 0 Å². The van der Waals surface area contributed by atoms with Gasteiger partial charge in [-0.3, -0.25) is 4.98 Å². The van der Waals surface area contributed by atoms with Crippen LogP contribution >= 0.6 is 0 Å². The lowest BCUT2D eigenvalue weighted by Gasteiger charge is -2.32. The Kier molecular flexibility index (Phi) is 4.45. The summed E-state index contributed by atoms with van der Waals surface area (Å²) >= 11 is 0. The van der Waals surface area contributed by atoms with E-state index in [1.807, 2.05) is 25.1 Å². The molecule has 1 N–H and O–H groups in total. The molecule has 0 bridgehead atoms. The summed E-state index contributed by atoms with van der Waals surface area (Å²) in [5.74, 6) is -1.16. The largest absolute Gasteiger partial charge is 0.391 e. The van der Waals surface area contributed by atoms with Crippen LogP contribution in [0.1, 0.15) is 44.3 Å². The Hall–Kier alpha value is -1.10. The lowest BCUT2D eigenvalue weighted by molar-refractivity contribution is -0.183. The van der Waals surface area contributed by atoms with Crippen molar-refractivity contribution in [1.82, 2.24) is 10.3 Å². The average molecular weight is 272 g/mol. The highest BCUT2D eigenvalue weighted by Crippen LogP contribution is 2.37. The van der Waals surface area contributed by atoms with Gasteiger partial charge in [0.2, 0.25) is 0 Å². The molecule has 19 heavy (non-hydrogen) atoms. The lowest BCUT2D eigenvalue weighted by Crippen LogP contribution is -2.40. The van der Waals surface area contributed by atoms with E-state index in [2.05, 4.69) is 10.3 Å². The summed E-state index contributed by atoms with van der Waals surface area (Å²) < 4.78 is 38.2. The molecule has 5 heteroatoms. The fraction of sp³-hybridized carbons (Fsp3) is 0.643. The smallest absolute Gasteiger partial charge is 0.306 e. The molecule has 1 aliphatic rings. The molecule has 1 aromatic rings. The van der Waals surface area contributed by atoms with Crippen molar-refractivity contribution in [1.29, 1.82) is 0 Å². The van der Waals surface area contributed by atoms with E-state index in [1.165, 1.54) is 0 Å². The van der Waals surface area contributed by atoms with Crippen LogP contribution < -0.4 is 5.32 Å². The monoisotopic (exact) mass is 272 g/mol. The first kappa shape index (κ1) is 14.3. The Balaban J connectivity index is 1.92. The molecule has 3 atom stereocenters. The summed E-state index contributed by atoms with van der Waals surface area (Å²) in [7, 11) is 0. The summed E-state index contributed by atoms with van der Waals surface area (Å²) in [4.78, 5) is 4.23. The molecule has 1 fully saturated rings. The first-order chi connectivity index (χ1) is 8.97. The number of halogens is 3. The molecule has 1 aromatic heterocycles. The van der Waals surface area contributed by atoms with E-state index in [0.717, 1.165) is 12.1 Å². The van der Waals surface area contributed by atoms with Gasteiger partial charge in [-0.2, -0.15) is 13.2 Å². The first-order valence-electron chi connectivity index (χ1n) is 6.70. The summed E-state index contributed by atoms with van der Waals surface area (Å²) in [6.07, 6.45) is -0.470.